The first-order chi connectivity index (χ1) is 7.67. The van der Waals surface area contributed by atoms with Gasteiger partial charge in [-0.25, -0.2) is 0 Å². The number of carbonyl (C=O) groups is 1. The molecule has 0 radical (unpaired) electrons. The molecule has 2 rings (SSSR count). The van der Waals surface area contributed by atoms with E-state index >= 15 is 0 Å². The van der Waals surface area contributed by atoms with Gasteiger partial charge >= 0.3 is 0 Å². The van der Waals surface area contributed by atoms with Crippen molar-refractivity contribution in [1.82, 2.24) is 5.32 Å². The molecule has 0 unspecified atom stereocenters. The Morgan fingerprint density at radius 2 is 2.31 bits per heavy atom. The van der Waals surface area contributed by atoms with Crippen LogP contribution in [0.5, 0.6) is 0 Å². The van der Waals surface area contributed by atoms with Crippen LogP contribution in [-0.2, 0) is 0 Å². The van der Waals surface area contributed by atoms with Crippen LogP contribution < -0.4 is 5.32 Å². The molecular formula is C11H13Br2NOS. The molecule has 0 aliphatic heterocycles. The second kappa shape index (κ2) is 5.19. The third kappa shape index (κ3) is 2.87. The maximum absolute atomic E-state index is 11.9. The van der Waals surface area contributed by atoms with Gasteiger partial charge in [0.1, 0.15) is 4.88 Å². The maximum atomic E-state index is 11.9. The molecule has 1 fully saturated rings. The third-order valence-corrected chi connectivity index (χ3v) is 5.26. The summed E-state index contributed by atoms with van der Waals surface area (Å²) < 4.78 is 0.889. The molecule has 88 valence electrons. The van der Waals surface area contributed by atoms with Crippen LogP contribution in [0, 0.1) is 5.41 Å². The van der Waals surface area contributed by atoms with E-state index in [4.69, 9.17) is 0 Å². The Bertz CT molecular complexity index is 387. The molecule has 0 spiro atoms. The number of thiophene rings is 1. The second-order valence-corrected chi connectivity index (χ2v) is 6.78. The van der Waals surface area contributed by atoms with Gasteiger partial charge in [0.2, 0.25) is 0 Å². The van der Waals surface area contributed by atoms with E-state index in [9.17, 15) is 4.79 Å². The van der Waals surface area contributed by atoms with Crippen molar-refractivity contribution < 1.29 is 4.79 Å². The number of rotatable bonds is 5. The van der Waals surface area contributed by atoms with Gasteiger partial charge in [-0.15, -0.1) is 11.3 Å². The van der Waals surface area contributed by atoms with E-state index in [1.807, 2.05) is 11.4 Å². The molecule has 16 heavy (non-hydrogen) atoms. The van der Waals surface area contributed by atoms with Gasteiger partial charge in [0.05, 0.1) is 0 Å². The lowest BCUT2D eigenvalue weighted by atomic mass is 10.0. The summed E-state index contributed by atoms with van der Waals surface area (Å²) in [6.07, 6.45) is 3.63. The molecule has 0 aromatic carbocycles. The number of halogens is 2. The largest absolute Gasteiger partial charge is 0.351 e. The van der Waals surface area contributed by atoms with Crippen molar-refractivity contribution in [2.45, 2.75) is 19.3 Å². The Kier molecular flexibility index (Phi) is 4.08. The topological polar surface area (TPSA) is 29.1 Å². The van der Waals surface area contributed by atoms with Crippen molar-refractivity contribution in [3.8, 4) is 0 Å². The molecule has 0 saturated heterocycles. The van der Waals surface area contributed by atoms with E-state index in [0.717, 1.165) is 27.6 Å². The Labute approximate surface area is 116 Å². The van der Waals surface area contributed by atoms with Gasteiger partial charge in [0.15, 0.2) is 0 Å². The summed E-state index contributed by atoms with van der Waals surface area (Å²) in [5.74, 6) is 0.0442. The van der Waals surface area contributed by atoms with Crippen LogP contribution in [0.4, 0.5) is 0 Å². The molecule has 0 bridgehead atoms. The van der Waals surface area contributed by atoms with Gasteiger partial charge in [-0.2, -0.15) is 0 Å². The average Bonchev–Trinajstić information content (AvgIpc) is 2.89. The van der Waals surface area contributed by atoms with Gasteiger partial charge in [0, 0.05) is 16.3 Å². The molecule has 1 aromatic heterocycles. The van der Waals surface area contributed by atoms with Crippen LogP contribution in [0.1, 0.15) is 28.9 Å². The fourth-order valence-electron chi connectivity index (χ4n) is 1.70. The fourth-order valence-corrected chi connectivity index (χ4v) is 4.00. The van der Waals surface area contributed by atoms with Crippen molar-refractivity contribution in [2.24, 2.45) is 5.41 Å². The van der Waals surface area contributed by atoms with Crippen molar-refractivity contribution >= 4 is 49.1 Å². The Morgan fingerprint density at radius 1 is 1.56 bits per heavy atom. The van der Waals surface area contributed by atoms with Gasteiger partial charge < -0.3 is 5.32 Å². The van der Waals surface area contributed by atoms with Gasteiger partial charge in [-0.3, -0.25) is 4.79 Å². The van der Waals surface area contributed by atoms with Crippen molar-refractivity contribution in [2.75, 3.05) is 11.9 Å². The van der Waals surface area contributed by atoms with Gasteiger partial charge in [-0.1, -0.05) is 15.9 Å². The smallest absolute Gasteiger partial charge is 0.262 e. The molecule has 1 aromatic rings. The highest BCUT2D eigenvalue weighted by molar-refractivity contribution is 9.10. The number of nitrogens with one attached hydrogen (secondary N) is 1. The summed E-state index contributed by atoms with van der Waals surface area (Å²) in [7, 11) is 0. The van der Waals surface area contributed by atoms with E-state index in [1.54, 1.807) is 0 Å². The monoisotopic (exact) mass is 365 g/mol. The predicted octanol–water partition coefficient (Wildman–Crippen LogP) is 3.81. The van der Waals surface area contributed by atoms with E-state index in [2.05, 4.69) is 37.2 Å². The highest BCUT2D eigenvalue weighted by Gasteiger charge is 2.41. The van der Waals surface area contributed by atoms with E-state index in [1.165, 1.54) is 24.2 Å². The molecular weight excluding hydrogens is 354 g/mol. The Hall–Kier alpha value is 0.130. The molecule has 2 nitrogen and oxygen atoms in total. The molecule has 1 N–H and O–H groups in total. The zero-order valence-corrected chi connectivity index (χ0v) is 12.8. The fraction of sp³-hybridized carbons (Fsp3) is 0.545. The van der Waals surface area contributed by atoms with E-state index < -0.39 is 0 Å². The van der Waals surface area contributed by atoms with Crippen molar-refractivity contribution in [3.05, 3.63) is 20.8 Å². The molecule has 1 aliphatic carbocycles. The zero-order valence-electron chi connectivity index (χ0n) is 8.76. The SMILES string of the molecule is O=C(NCC1(CCBr)CC1)c1sccc1Br. The first kappa shape index (κ1) is 12.6. The highest BCUT2D eigenvalue weighted by Crippen LogP contribution is 2.48. The number of amides is 1. The molecule has 1 aliphatic rings. The van der Waals surface area contributed by atoms with Crippen molar-refractivity contribution in [1.29, 1.82) is 0 Å². The third-order valence-electron chi connectivity index (χ3n) is 3.03. The Morgan fingerprint density at radius 3 is 2.81 bits per heavy atom. The minimum Gasteiger partial charge on any atom is -0.351 e. The maximum Gasteiger partial charge on any atom is 0.262 e. The zero-order chi connectivity index (χ0) is 11.6. The first-order valence-electron chi connectivity index (χ1n) is 5.24. The van der Waals surface area contributed by atoms with Crippen LogP contribution >= 0.6 is 43.2 Å². The Balaban J connectivity index is 1.87. The second-order valence-electron chi connectivity index (χ2n) is 4.22. The minimum atomic E-state index is 0.0442. The summed E-state index contributed by atoms with van der Waals surface area (Å²) in [5, 5.41) is 5.97. The lowest BCUT2D eigenvalue weighted by molar-refractivity contribution is 0.0948. The number of alkyl halides is 1. The first-order valence-corrected chi connectivity index (χ1v) is 8.03. The van der Waals surface area contributed by atoms with Gasteiger partial charge in [-0.05, 0) is 52.1 Å². The van der Waals surface area contributed by atoms with E-state index in [0.29, 0.717) is 5.41 Å². The molecule has 1 heterocycles. The van der Waals surface area contributed by atoms with Gasteiger partial charge in [0.25, 0.3) is 5.91 Å². The molecule has 0 atom stereocenters. The average molecular weight is 367 g/mol. The quantitative estimate of drug-likeness (QED) is 0.789. The highest BCUT2D eigenvalue weighted by atomic mass is 79.9. The molecule has 1 saturated carbocycles. The molecule has 1 amide bonds. The van der Waals surface area contributed by atoms with Crippen LogP contribution in [0.3, 0.4) is 0 Å². The van der Waals surface area contributed by atoms with E-state index in [-0.39, 0.29) is 5.91 Å². The summed E-state index contributed by atoms with van der Waals surface area (Å²) in [6.45, 7) is 0.807. The predicted molar refractivity (Wildman–Crippen MR) is 74.4 cm³/mol. The summed E-state index contributed by atoms with van der Waals surface area (Å²) in [6, 6.07) is 1.91. The van der Waals surface area contributed by atoms with Crippen LogP contribution in [-0.4, -0.2) is 17.8 Å². The summed E-state index contributed by atoms with van der Waals surface area (Å²) in [4.78, 5) is 12.6. The van der Waals surface area contributed by atoms with Crippen LogP contribution in [0.2, 0.25) is 0 Å². The van der Waals surface area contributed by atoms with Crippen LogP contribution in [0.15, 0.2) is 15.9 Å². The number of carbonyl (C=O) groups excluding carboxylic acids is 1. The number of hydrogen-bond donors (Lipinski definition) is 1. The lowest BCUT2D eigenvalue weighted by Crippen LogP contribution is -2.30. The summed E-state index contributed by atoms with van der Waals surface area (Å²) >= 11 is 8.31. The van der Waals surface area contributed by atoms with Crippen LogP contribution in [0.25, 0.3) is 0 Å². The number of hydrogen-bond acceptors (Lipinski definition) is 2. The standard InChI is InChI=1S/C11H13Br2NOS/c12-5-4-11(2-3-11)7-14-10(15)9-8(13)1-6-16-9/h1,6H,2-5,7H2,(H,14,15). The minimum absolute atomic E-state index is 0.0442. The van der Waals surface area contributed by atoms with Crippen molar-refractivity contribution in [3.63, 3.8) is 0 Å². The summed E-state index contributed by atoms with van der Waals surface area (Å²) in [5.41, 5.74) is 0.378. The lowest BCUT2D eigenvalue weighted by Gasteiger charge is -2.14. The normalized spacial score (nSPS) is 17.1. The molecule has 5 heteroatoms.